The maximum absolute atomic E-state index is 11.8. The number of rotatable bonds is 4. The van der Waals surface area contributed by atoms with E-state index in [1.165, 1.54) is 12.1 Å². The van der Waals surface area contributed by atoms with E-state index in [-0.39, 0.29) is 23.4 Å². The van der Waals surface area contributed by atoms with Crippen LogP contribution < -0.4 is 10.5 Å². The summed E-state index contributed by atoms with van der Waals surface area (Å²) in [6.07, 6.45) is -0.336. The van der Waals surface area contributed by atoms with Gasteiger partial charge in [0, 0.05) is 19.0 Å². The Kier molecular flexibility index (Phi) is 4.63. The van der Waals surface area contributed by atoms with E-state index in [0.717, 1.165) is 0 Å². The lowest BCUT2D eigenvalue weighted by atomic mass is 10.0. The van der Waals surface area contributed by atoms with Gasteiger partial charge in [-0.2, -0.15) is 0 Å². The van der Waals surface area contributed by atoms with Gasteiger partial charge in [0.2, 0.25) is 0 Å². The predicted octanol–water partition coefficient (Wildman–Crippen LogP) is 2.42. The minimum Gasteiger partial charge on any atom is -0.493 e. The van der Waals surface area contributed by atoms with E-state index in [1.807, 2.05) is 20.8 Å². The van der Waals surface area contributed by atoms with Crippen LogP contribution in [0.5, 0.6) is 5.75 Å². The topological polar surface area (TPSA) is 108 Å². The number of amides is 1. The molecule has 1 fully saturated rings. The van der Waals surface area contributed by atoms with E-state index >= 15 is 0 Å². The lowest BCUT2D eigenvalue weighted by Gasteiger charge is -2.39. The van der Waals surface area contributed by atoms with E-state index in [0.29, 0.717) is 25.4 Å². The summed E-state index contributed by atoms with van der Waals surface area (Å²) in [4.78, 5) is 23.7. The van der Waals surface area contributed by atoms with Crippen molar-refractivity contribution in [3.8, 4) is 5.75 Å². The van der Waals surface area contributed by atoms with Crippen LogP contribution in [-0.4, -0.2) is 41.2 Å². The summed E-state index contributed by atoms with van der Waals surface area (Å²) >= 11 is 0. The second kappa shape index (κ2) is 6.31. The number of benzene rings is 1. The number of hydrogen-bond donors (Lipinski definition) is 1. The van der Waals surface area contributed by atoms with Gasteiger partial charge in [0.1, 0.15) is 17.0 Å². The Morgan fingerprint density at radius 3 is 2.65 bits per heavy atom. The average Bonchev–Trinajstić information content (AvgIpc) is 2.36. The molecule has 1 amide bonds. The van der Waals surface area contributed by atoms with Gasteiger partial charge in [0.25, 0.3) is 5.69 Å². The Morgan fingerprint density at radius 1 is 1.43 bits per heavy atom. The second-order valence-corrected chi connectivity index (χ2v) is 6.54. The second-order valence-electron chi connectivity index (χ2n) is 6.54. The number of nitrogens with zero attached hydrogens (tertiary/aromatic N) is 2. The third-order valence-electron chi connectivity index (χ3n) is 3.29. The van der Waals surface area contributed by atoms with Crippen molar-refractivity contribution in [1.29, 1.82) is 0 Å². The number of carbonyl (C=O) groups excluding carboxylic acids is 1. The molecule has 8 heteroatoms. The van der Waals surface area contributed by atoms with Crippen molar-refractivity contribution in [2.45, 2.75) is 26.4 Å². The highest BCUT2D eigenvalue weighted by atomic mass is 16.6. The highest BCUT2D eigenvalue weighted by Gasteiger charge is 2.34. The van der Waals surface area contributed by atoms with Crippen molar-refractivity contribution in [3.63, 3.8) is 0 Å². The summed E-state index contributed by atoms with van der Waals surface area (Å²) in [6, 6.07) is 4.34. The third kappa shape index (κ3) is 4.48. The smallest absolute Gasteiger partial charge is 0.410 e. The first-order valence-corrected chi connectivity index (χ1v) is 7.30. The molecule has 0 aromatic heterocycles. The molecule has 0 spiro atoms. The highest BCUT2D eigenvalue weighted by molar-refractivity contribution is 5.69. The Hall–Kier alpha value is -2.51. The standard InChI is InChI=1S/C15H21N3O5/c1-15(2,3)23-14(19)17-7-10(8-17)9-22-11-4-5-12(16)13(6-11)18(20)21/h4-6,10H,7-9,16H2,1-3H3. The monoisotopic (exact) mass is 323 g/mol. The van der Waals surface area contributed by atoms with Crippen LogP contribution in [0, 0.1) is 16.0 Å². The molecule has 2 rings (SSSR count). The molecule has 1 aromatic rings. The van der Waals surface area contributed by atoms with Gasteiger partial charge in [0.05, 0.1) is 17.6 Å². The van der Waals surface area contributed by atoms with Crippen LogP contribution in [0.2, 0.25) is 0 Å². The van der Waals surface area contributed by atoms with Gasteiger partial charge < -0.3 is 20.1 Å². The maximum Gasteiger partial charge on any atom is 0.410 e. The normalized spacial score (nSPS) is 15.0. The Bertz CT molecular complexity index is 606. The van der Waals surface area contributed by atoms with Crippen molar-refractivity contribution >= 4 is 17.5 Å². The van der Waals surface area contributed by atoms with E-state index in [9.17, 15) is 14.9 Å². The molecule has 0 bridgehead atoms. The van der Waals surface area contributed by atoms with Gasteiger partial charge in [-0.05, 0) is 32.9 Å². The molecule has 0 atom stereocenters. The molecule has 2 N–H and O–H groups in total. The van der Waals surface area contributed by atoms with Crippen molar-refractivity contribution in [3.05, 3.63) is 28.3 Å². The molecule has 126 valence electrons. The van der Waals surface area contributed by atoms with Gasteiger partial charge in [0.15, 0.2) is 0 Å². The summed E-state index contributed by atoms with van der Waals surface area (Å²) in [5, 5.41) is 10.8. The first-order chi connectivity index (χ1) is 10.7. The predicted molar refractivity (Wildman–Crippen MR) is 84.3 cm³/mol. The van der Waals surface area contributed by atoms with E-state index in [2.05, 4.69) is 0 Å². The van der Waals surface area contributed by atoms with Crippen LogP contribution in [0.4, 0.5) is 16.2 Å². The van der Waals surface area contributed by atoms with Crippen LogP contribution in [0.15, 0.2) is 18.2 Å². The quantitative estimate of drug-likeness (QED) is 0.518. The van der Waals surface area contributed by atoms with Crippen LogP contribution in [0.25, 0.3) is 0 Å². The third-order valence-corrected chi connectivity index (χ3v) is 3.29. The zero-order valence-electron chi connectivity index (χ0n) is 13.4. The molecule has 0 unspecified atom stereocenters. The number of likely N-dealkylation sites (tertiary alicyclic amines) is 1. The molecule has 1 aromatic carbocycles. The van der Waals surface area contributed by atoms with Crippen molar-refractivity contribution < 1.29 is 19.2 Å². The van der Waals surface area contributed by atoms with E-state index in [1.54, 1.807) is 11.0 Å². The molecule has 1 aliphatic rings. The summed E-state index contributed by atoms with van der Waals surface area (Å²) in [7, 11) is 0. The number of carbonyl (C=O) groups is 1. The van der Waals surface area contributed by atoms with Crippen molar-refractivity contribution in [2.24, 2.45) is 5.92 Å². The van der Waals surface area contributed by atoms with Crippen LogP contribution in [-0.2, 0) is 4.74 Å². The molecular formula is C15H21N3O5. The Labute approximate surface area is 134 Å². The number of nitrogen functional groups attached to an aromatic ring is 1. The van der Waals surface area contributed by atoms with Gasteiger partial charge in [-0.25, -0.2) is 4.79 Å². The first-order valence-electron chi connectivity index (χ1n) is 7.30. The van der Waals surface area contributed by atoms with Crippen LogP contribution in [0.1, 0.15) is 20.8 Å². The van der Waals surface area contributed by atoms with Crippen molar-refractivity contribution in [1.82, 2.24) is 4.90 Å². The molecule has 8 nitrogen and oxygen atoms in total. The van der Waals surface area contributed by atoms with E-state index in [4.69, 9.17) is 15.2 Å². The fourth-order valence-corrected chi connectivity index (χ4v) is 2.14. The molecule has 0 radical (unpaired) electrons. The molecule has 23 heavy (non-hydrogen) atoms. The Morgan fingerprint density at radius 2 is 2.09 bits per heavy atom. The molecule has 1 saturated heterocycles. The lowest BCUT2D eigenvalue weighted by molar-refractivity contribution is -0.384. The number of nitro benzene ring substituents is 1. The fourth-order valence-electron chi connectivity index (χ4n) is 2.14. The number of nitrogens with two attached hydrogens (primary N) is 1. The summed E-state index contributed by atoms with van der Waals surface area (Å²) in [5.74, 6) is 0.570. The van der Waals surface area contributed by atoms with Gasteiger partial charge >= 0.3 is 6.09 Å². The minimum absolute atomic E-state index is 0.0992. The number of nitro groups is 1. The van der Waals surface area contributed by atoms with E-state index < -0.39 is 10.5 Å². The number of anilines is 1. The molecule has 0 aliphatic carbocycles. The summed E-state index contributed by atoms with van der Waals surface area (Å²) < 4.78 is 10.8. The molecule has 1 heterocycles. The largest absolute Gasteiger partial charge is 0.493 e. The zero-order chi connectivity index (χ0) is 17.2. The first kappa shape index (κ1) is 16.9. The number of hydrogen-bond acceptors (Lipinski definition) is 6. The van der Waals surface area contributed by atoms with Gasteiger partial charge in [-0.3, -0.25) is 10.1 Å². The summed E-state index contributed by atoms with van der Waals surface area (Å²) in [6.45, 7) is 6.93. The van der Waals surface area contributed by atoms with Gasteiger partial charge in [-0.1, -0.05) is 0 Å². The maximum atomic E-state index is 11.8. The highest BCUT2D eigenvalue weighted by Crippen LogP contribution is 2.27. The average molecular weight is 323 g/mol. The summed E-state index contributed by atoms with van der Waals surface area (Å²) in [5.41, 5.74) is 4.94. The van der Waals surface area contributed by atoms with Crippen LogP contribution >= 0.6 is 0 Å². The SMILES string of the molecule is CC(C)(C)OC(=O)N1CC(COc2ccc(N)c([N+](=O)[O-])c2)C1. The van der Waals surface area contributed by atoms with Gasteiger partial charge in [-0.15, -0.1) is 0 Å². The molecule has 0 saturated carbocycles. The molecular weight excluding hydrogens is 302 g/mol. The van der Waals surface area contributed by atoms with Crippen molar-refractivity contribution in [2.75, 3.05) is 25.4 Å². The Balaban J connectivity index is 1.80. The fraction of sp³-hybridized carbons (Fsp3) is 0.533. The lowest BCUT2D eigenvalue weighted by Crippen LogP contribution is -2.53. The zero-order valence-corrected chi connectivity index (χ0v) is 13.4. The van der Waals surface area contributed by atoms with Crippen LogP contribution in [0.3, 0.4) is 0 Å². The number of ether oxygens (including phenoxy) is 2. The minimum atomic E-state index is -0.546. The molecule has 1 aliphatic heterocycles.